The van der Waals surface area contributed by atoms with Crippen LogP contribution in [-0.2, 0) is 9.59 Å². The maximum Gasteiger partial charge on any atom is 0.240 e. The standard InChI is InChI=1S/C21H23N3O2S/c1-12-5-6-14(3)17(9-12)23-19(25)11-18-20(26)24-21(27-18)22-16-8-7-13(2)15(4)10-16/h5-10,18H,11H2,1-4H3,(H,23,25)(H,22,24,26)/t18-/m0/s1. The quantitative estimate of drug-likeness (QED) is 0.835. The summed E-state index contributed by atoms with van der Waals surface area (Å²) < 4.78 is 0. The number of amides is 2. The number of rotatable bonds is 4. The molecule has 1 aliphatic rings. The molecule has 0 radical (unpaired) electrons. The number of aliphatic imine (C=N–C) groups is 1. The number of hydrogen-bond acceptors (Lipinski definition) is 4. The molecule has 2 N–H and O–H groups in total. The smallest absolute Gasteiger partial charge is 0.240 e. The number of hydrogen-bond donors (Lipinski definition) is 2. The van der Waals surface area contributed by atoms with Crippen LogP contribution >= 0.6 is 11.8 Å². The maximum absolute atomic E-state index is 12.4. The third kappa shape index (κ3) is 4.77. The van der Waals surface area contributed by atoms with Gasteiger partial charge in [0.1, 0.15) is 5.25 Å². The molecule has 1 aliphatic heterocycles. The van der Waals surface area contributed by atoms with E-state index in [9.17, 15) is 9.59 Å². The van der Waals surface area contributed by atoms with Crippen LogP contribution in [0.3, 0.4) is 0 Å². The van der Waals surface area contributed by atoms with Gasteiger partial charge in [0.05, 0.1) is 5.69 Å². The van der Waals surface area contributed by atoms with Gasteiger partial charge in [0, 0.05) is 12.1 Å². The number of benzene rings is 2. The molecule has 0 unspecified atom stereocenters. The first-order valence-corrected chi connectivity index (χ1v) is 9.70. The molecule has 2 aromatic carbocycles. The molecule has 1 heterocycles. The van der Waals surface area contributed by atoms with E-state index in [-0.39, 0.29) is 18.2 Å². The first kappa shape index (κ1) is 19.2. The zero-order chi connectivity index (χ0) is 19.6. The van der Waals surface area contributed by atoms with Crippen molar-refractivity contribution in [3.8, 4) is 0 Å². The highest BCUT2D eigenvalue weighted by Gasteiger charge is 2.32. The van der Waals surface area contributed by atoms with E-state index in [2.05, 4.69) is 15.6 Å². The van der Waals surface area contributed by atoms with Gasteiger partial charge in [-0.3, -0.25) is 9.59 Å². The Morgan fingerprint density at radius 2 is 1.81 bits per heavy atom. The zero-order valence-corrected chi connectivity index (χ0v) is 16.7. The van der Waals surface area contributed by atoms with Gasteiger partial charge < -0.3 is 10.6 Å². The van der Waals surface area contributed by atoms with Gasteiger partial charge in [0.2, 0.25) is 11.8 Å². The lowest BCUT2D eigenvalue weighted by Crippen LogP contribution is -2.28. The Morgan fingerprint density at radius 1 is 1.07 bits per heavy atom. The molecule has 0 saturated carbocycles. The average molecular weight is 382 g/mol. The van der Waals surface area contributed by atoms with Crippen molar-refractivity contribution in [2.24, 2.45) is 4.99 Å². The van der Waals surface area contributed by atoms with E-state index >= 15 is 0 Å². The number of thioether (sulfide) groups is 1. The Hall–Kier alpha value is -2.60. The van der Waals surface area contributed by atoms with Crippen molar-refractivity contribution in [2.45, 2.75) is 39.4 Å². The summed E-state index contributed by atoms with van der Waals surface area (Å²) in [7, 11) is 0. The van der Waals surface area contributed by atoms with Gasteiger partial charge in [-0.15, -0.1) is 0 Å². The van der Waals surface area contributed by atoms with E-state index in [4.69, 9.17) is 0 Å². The van der Waals surface area contributed by atoms with E-state index in [1.807, 2.05) is 64.1 Å². The predicted octanol–water partition coefficient (Wildman–Crippen LogP) is 4.17. The van der Waals surface area contributed by atoms with E-state index in [0.717, 1.165) is 28.1 Å². The monoisotopic (exact) mass is 381 g/mol. The molecule has 0 bridgehead atoms. The molecule has 1 atom stereocenters. The largest absolute Gasteiger partial charge is 0.326 e. The third-order valence-corrected chi connectivity index (χ3v) is 5.62. The second kappa shape index (κ2) is 7.96. The summed E-state index contributed by atoms with van der Waals surface area (Å²) >= 11 is 1.30. The molecule has 1 fully saturated rings. The minimum Gasteiger partial charge on any atom is -0.326 e. The summed E-state index contributed by atoms with van der Waals surface area (Å²) in [6.45, 7) is 7.99. The second-order valence-electron chi connectivity index (χ2n) is 6.85. The predicted molar refractivity (Wildman–Crippen MR) is 112 cm³/mol. The van der Waals surface area contributed by atoms with Gasteiger partial charge >= 0.3 is 0 Å². The van der Waals surface area contributed by atoms with E-state index < -0.39 is 5.25 Å². The summed E-state index contributed by atoms with van der Waals surface area (Å²) in [5, 5.41) is 5.74. The summed E-state index contributed by atoms with van der Waals surface area (Å²) in [5.74, 6) is -0.359. The maximum atomic E-state index is 12.4. The summed E-state index contributed by atoms with van der Waals surface area (Å²) in [6.07, 6.45) is 0.107. The molecular weight excluding hydrogens is 358 g/mol. The summed E-state index contributed by atoms with van der Waals surface area (Å²) in [6, 6.07) is 11.8. The van der Waals surface area contributed by atoms with Crippen LogP contribution < -0.4 is 10.6 Å². The minimum absolute atomic E-state index is 0.107. The van der Waals surface area contributed by atoms with Crippen LogP contribution in [0.4, 0.5) is 11.4 Å². The SMILES string of the molecule is Cc1ccc(C)c(NC(=O)C[C@@H]2SC(=Nc3ccc(C)c(C)c3)NC2=O)c1. The minimum atomic E-state index is -0.472. The van der Waals surface area contributed by atoms with Crippen LogP contribution in [-0.4, -0.2) is 22.2 Å². The normalized spacial score (nSPS) is 17.9. The van der Waals surface area contributed by atoms with Crippen molar-refractivity contribution in [1.29, 1.82) is 0 Å². The van der Waals surface area contributed by atoms with E-state index in [1.165, 1.54) is 17.3 Å². The van der Waals surface area contributed by atoms with Crippen molar-refractivity contribution in [3.05, 3.63) is 58.7 Å². The molecule has 1 saturated heterocycles. The number of nitrogens with zero attached hydrogens (tertiary/aromatic N) is 1. The molecule has 0 aromatic heterocycles. The van der Waals surface area contributed by atoms with Crippen molar-refractivity contribution in [1.82, 2.24) is 5.32 Å². The van der Waals surface area contributed by atoms with Gasteiger partial charge in [-0.25, -0.2) is 4.99 Å². The molecule has 140 valence electrons. The molecule has 27 heavy (non-hydrogen) atoms. The Balaban J connectivity index is 1.65. The zero-order valence-electron chi connectivity index (χ0n) is 15.9. The second-order valence-corrected chi connectivity index (χ2v) is 8.04. The first-order valence-electron chi connectivity index (χ1n) is 8.82. The highest BCUT2D eigenvalue weighted by molar-refractivity contribution is 8.15. The number of anilines is 1. The topological polar surface area (TPSA) is 70.6 Å². The van der Waals surface area contributed by atoms with Crippen molar-refractivity contribution in [3.63, 3.8) is 0 Å². The lowest BCUT2D eigenvalue weighted by Gasteiger charge is -2.10. The molecule has 0 spiro atoms. The molecule has 0 aliphatic carbocycles. The summed E-state index contributed by atoms with van der Waals surface area (Å²) in [4.78, 5) is 29.1. The Kier molecular flexibility index (Phi) is 5.65. The average Bonchev–Trinajstić information content (AvgIpc) is 2.93. The Morgan fingerprint density at radius 3 is 2.56 bits per heavy atom. The van der Waals surface area contributed by atoms with Gasteiger partial charge in [0.25, 0.3) is 0 Å². The first-order chi connectivity index (χ1) is 12.8. The van der Waals surface area contributed by atoms with Crippen molar-refractivity contribution >= 4 is 40.1 Å². The number of carbonyl (C=O) groups excluding carboxylic acids is 2. The molecular formula is C21H23N3O2S. The number of carbonyl (C=O) groups is 2. The lowest BCUT2D eigenvalue weighted by atomic mass is 10.1. The van der Waals surface area contributed by atoms with Gasteiger partial charge in [0.15, 0.2) is 5.17 Å². The molecule has 5 nitrogen and oxygen atoms in total. The van der Waals surface area contributed by atoms with Crippen LogP contribution in [0, 0.1) is 27.7 Å². The highest BCUT2D eigenvalue weighted by Crippen LogP contribution is 2.27. The van der Waals surface area contributed by atoms with Crippen LogP contribution in [0.1, 0.15) is 28.7 Å². The molecule has 2 amide bonds. The fraction of sp³-hybridized carbons (Fsp3) is 0.286. The lowest BCUT2D eigenvalue weighted by molar-refractivity contribution is -0.122. The molecule has 3 rings (SSSR count). The molecule has 6 heteroatoms. The Labute approximate surface area is 163 Å². The van der Waals surface area contributed by atoms with Gasteiger partial charge in [-0.05, 0) is 68.1 Å². The number of aryl methyl sites for hydroxylation is 4. The fourth-order valence-electron chi connectivity index (χ4n) is 2.74. The summed E-state index contributed by atoms with van der Waals surface area (Å²) in [5.41, 5.74) is 5.99. The van der Waals surface area contributed by atoms with Gasteiger partial charge in [-0.1, -0.05) is 30.0 Å². The molecule has 2 aromatic rings. The van der Waals surface area contributed by atoms with E-state index in [1.54, 1.807) is 0 Å². The third-order valence-electron chi connectivity index (χ3n) is 4.54. The van der Waals surface area contributed by atoms with Crippen LogP contribution in [0.5, 0.6) is 0 Å². The van der Waals surface area contributed by atoms with Gasteiger partial charge in [-0.2, -0.15) is 0 Å². The number of amidine groups is 1. The van der Waals surface area contributed by atoms with Crippen molar-refractivity contribution < 1.29 is 9.59 Å². The Bertz CT molecular complexity index is 937. The number of nitrogens with one attached hydrogen (secondary N) is 2. The van der Waals surface area contributed by atoms with E-state index in [0.29, 0.717) is 5.17 Å². The van der Waals surface area contributed by atoms with Crippen LogP contribution in [0.15, 0.2) is 41.4 Å². The fourth-order valence-corrected chi connectivity index (χ4v) is 3.73. The highest BCUT2D eigenvalue weighted by atomic mass is 32.2. The van der Waals surface area contributed by atoms with Crippen molar-refractivity contribution in [2.75, 3.05) is 5.32 Å². The van der Waals surface area contributed by atoms with Crippen LogP contribution in [0.2, 0.25) is 0 Å². The van der Waals surface area contributed by atoms with Crippen LogP contribution in [0.25, 0.3) is 0 Å².